The van der Waals surface area contributed by atoms with Gasteiger partial charge in [-0.05, 0) is 29.8 Å². The first-order valence-electron chi connectivity index (χ1n) is 7.86. The summed E-state index contributed by atoms with van der Waals surface area (Å²) in [4.78, 5) is 30.1. The van der Waals surface area contributed by atoms with Gasteiger partial charge in [0, 0.05) is 13.2 Å². The molecule has 0 aliphatic carbocycles. The molecule has 0 bridgehead atoms. The van der Waals surface area contributed by atoms with Gasteiger partial charge in [-0.2, -0.15) is 0 Å². The molecule has 1 N–H and O–H groups in total. The van der Waals surface area contributed by atoms with Crippen LogP contribution in [0.25, 0.3) is 0 Å². The van der Waals surface area contributed by atoms with E-state index in [-0.39, 0.29) is 25.0 Å². The Hall–Kier alpha value is -2.80. The van der Waals surface area contributed by atoms with Crippen LogP contribution in [-0.2, 0) is 20.9 Å². The van der Waals surface area contributed by atoms with Crippen LogP contribution in [0.2, 0.25) is 0 Å². The van der Waals surface area contributed by atoms with Crippen molar-refractivity contribution in [3.05, 3.63) is 65.7 Å². The zero-order chi connectivity index (χ0) is 17.8. The lowest BCUT2D eigenvalue weighted by atomic mass is 9.97. The van der Waals surface area contributed by atoms with Crippen LogP contribution >= 0.6 is 0 Å². The Labute approximate surface area is 144 Å². The summed E-state index contributed by atoms with van der Waals surface area (Å²) in [6.45, 7) is 0.0526. The molecule has 1 aromatic heterocycles. The summed E-state index contributed by atoms with van der Waals surface area (Å²) in [5.41, 5.74) is 1.21. The molecule has 1 fully saturated rings. The maximum Gasteiger partial charge on any atom is 0.252 e. The van der Waals surface area contributed by atoms with Crippen LogP contribution in [-0.4, -0.2) is 41.5 Å². The molecule has 1 saturated heterocycles. The number of benzene rings is 1. The molecule has 1 aromatic carbocycles. The minimum absolute atomic E-state index is 0.190. The molecule has 2 heterocycles. The summed E-state index contributed by atoms with van der Waals surface area (Å²) in [5.74, 6) is -1.07. The standard InChI is InChI=1S/C18H18FN3O3/c1-22-15(23)11-25-17(16(22)12-5-4-6-13(19)9-12)18(24)21-10-14-7-2-3-8-20-14/h2-9,16-17H,10-11H2,1H3,(H,21,24)/t16-,17-/m1/s1. The van der Waals surface area contributed by atoms with E-state index in [0.717, 1.165) is 0 Å². The molecule has 2 atom stereocenters. The van der Waals surface area contributed by atoms with E-state index in [1.165, 1.54) is 17.0 Å². The highest BCUT2D eigenvalue weighted by Gasteiger charge is 2.40. The first-order chi connectivity index (χ1) is 12.1. The van der Waals surface area contributed by atoms with E-state index < -0.39 is 18.0 Å². The van der Waals surface area contributed by atoms with Gasteiger partial charge in [0.05, 0.1) is 18.3 Å². The van der Waals surface area contributed by atoms with Crippen molar-refractivity contribution in [3.63, 3.8) is 0 Å². The second-order valence-corrected chi connectivity index (χ2v) is 5.77. The third-order valence-corrected chi connectivity index (χ3v) is 4.10. The fourth-order valence-corrected chi connectivity index (χ4v) is 2.80. The number of ether oxygens (including phenoxy) is 1. The average Bonchev–Trinajstić information content (AvgIpc) is 2.62. The molecule has 0 radical (unpaired) electrons. The molecule has 2 amide bonds. The van der Waals surface area contributed by atoms with Gasteiger partial charge in [-0.25, -0.2) is 4.39 Å². The Morgan fingerprint density at radius 1 is 1.36 bits per heavy atom. The van der Waals surface area contributed by atoms with Crippen LogP contribution in [0.15, 0.2) is 48.7 Å². The number of aromatic nitrogens is 1. The number of hydrogen-bond donors (Lipinski definition) is 1. The van der Waals surface area contributed by atoms with Gasteiger partial charge < -0.3 is 15.0 Å². The number of nitrogens with zero attached hydrogens (tertiary/aromatic N) is 2. The molecule has 6 nitrogen and oxygen atoms in total. The second kappa shape index (κ2) is 7.40. The average molecular weight is 343 g/mol. The monoisotopic (exact) mass is 343 g/mol. The zero-order valence-electron chi connectivity index (χ0n) is 13.7. The van der Waals surface area contributed by atoms with Crippen LogP contribution in [0.4, 0.5) is 4.39 Å². The number of carbonyl (C=O) groups is 2. The molecule has 0 spiro atoms. The Kier molecular flexibility index (Phi) is 5.04. The van der Waals surface area contributed by atoms with Crippen molar-refractivity contribution < 1.29 is 18.7 Å². The van der Waals surface area contributed by atoms with E-state index in [1.807, 2.05) is 6.07 Å². The van der Waals surface area contributed by atoms with Gasteiger partial charge in [-0.3, -0.25) is 14.6 Å². The third-order valence-electron chi connectivity index (χ3n) is 4.10. The van der Waals surface area contributed by atoms with Gasteiger partial charge in [0.15, 0.2) is 6.10 Å². The van der Waals surface area contributed by atoms with Crippen molar-refractivity contribution in [3.8, 4) is 0 Å². The number of halogens is 1. The molecule has 0 saturated carbocycles. The third kappa shape index (κ3) is 3.83. The number of nitrogens with one attached hydrogen (secondary N) is 1. The Bertz CT molecular complexity index is 769. The highest BCUT2D eigenvalue weighted by molar-refractivity contribution is 5.86. The maximum absolute atomic E-state index is 13.6. The van der Waals surface area contributed by atoms with Gasteiger partial charge >= 0.3 is 0 Å². The van der Waals surface area contributed by atoms with Crippen molar-refractivity contribution in [2.45, 2.75) is 18.7 Å². The van der Waals surface area contributed by atoms with E-state index in [1.54, 1.807) is 37.5 Å². The Morgan fingerprint density at radius 3 is 2.92 bits per heavy atom. The normalized spacial score (nSPS) is 20.4. The van der Waals surface area contributed by atoms with Crippen LogP contribution < -0.4 is 5.32 Å². The maximum atomic E-state index is 13.6. The fraction of sp³-hybridized carbons (Fsp3) is 0.278. The molecule has 0 unspecified atom stereocenters. The van der Waals surface area contributed by atoms with Crippen LogP contribution in [0, 0.1) is 5.82 Å². The van der Waals surface area contributed by atoms with Crippen LogP contribution in [0.1, 0.15) is 17.3 Å². The van der Waals surface area contributed by atoms with Gasteiger partial charge in [-0.15, -0.1) is 0 Å². The van der Waals surface area contributed by atoms with Crippen molar-refractivity contribution in [2.75, 3.05) is 13.7 Å². The highest BCUT2D eigenvalue weighted by atomic mass is 19.1. The minimum atomic E-state index is -0.923. The van der Waals surface area contributed by atoms with Crippen LogP contribution in [0.5, 0.6) is 0 Å². The van der Waals surface area contributed by atoms with Crippen LogP contribution in [0.3, 0.4) is 0 Å². The van der Waals surface area contributed by atoms with Crippen molar-refractivity contribution >= 4 is 11.8 Å². The summed E-state index contributed by atoms with van der Waals surface area (Å²) in [6, 6.07) is 10.5. The number of amides is 2. The number of likely N-dealkylation sites (N-methyl/N-ethyl adjacent to an activating group) is 1. The Morgan fingerprint density at radius 2 is 2.20 bits per heavy atom. The predicted molar refractivity (Wildman–Crippen MR) is 87.7 cm³/mol. The van der Waals surface area contributed by atoms with Crippen molar-refractivity contribution in [1.29, 1.82) is 0 Å². The first-order valence-corrected chi connectivity index (χ1v) is 7.86. The molecular formula is C18H18FN3O3. The predicted octanol–water partition coefficient (Wildman–Crippen LogP) is 1.44. The summed E-state index contributed by atoms with van der Waals surface area (Å²) in [5, 5.41) is 2.76. The summed E-state index contributed by atoms with van der Waals surface area (Å²) in [6.07, 6.45) is 0.717. The summed E-state index contributed by atoms with van der Waals surface area (Å²) >= 11 is 0. The lowest BCUT2D eigenvalue weighted by molar-refractivity contribution is -0.162. The summed E-state index contributed by atoms with van der Waals surface area (Å²) < 4.78 is 19.1. The quantitative estimate of drug-likeness (QED) is 0.912. The highest BCUT2D eigenvalue weighted by Crippen LogP contribution is 2.29. The number of morpholine rings is 1. The lowest BCUT2D eigenvalue weighted by Crippen LogP contribution is -2.52. The fourth-order valence-electron chi connectivity index (χ4n) is 2.80. The Balaban J connectivity index is 1.79. The molecule has 3 rings (SSSR count). The van der Waals surface area contributed by atoms with E-state index in [4.69, 9.17) is 4.74 Å². The lowest BCUT2D eigenvalue weighted by Gasteiger charge is -2.38. The number of hydrogen-bond acceptors (Lipinski definition) is 4. The SMILES string of the molecule is CN1C(=O)CO[C@@H](C(=O)NCc2ccccn2)[C@H]1c1cccc(F)c1. The van der Waals surface area contributed by atoms with Gasteiger partial charge in [0.1, 0.15) is 12.4 Å². The molecule has 130 valence electrons. The molecular weight excluding hydrogens is 325 g/mol. The second-order valence-electron chi connectivity index (χ2n) is 5.77. The smallest absolute Gasteiger partial charge is 0.252 e. The summed E-state index contributed by atoms with van der Waals surface area (Å²) in [7, 11) is 1.58. The zero-order valence-corrected chi connectivity index (χ0v) is 13.7. The number of rotatable bonds is 4. The molecule has 7 heteroatoms. The number of pyridine rings is 1. The topological polar surface area (TPSA) is 71.5 Å². The molecule has 2 aromatic rings. The van der Waals surface area contributed by atoms with Crippen molar-refractivity contribution in [1.82, 2.24) is 15.2 Å². The molecule has 1 aliphatic rings. The van der Waals surface area contributed by atoms with E-state index in [2.05, 4.69) is 10.3 Å². The van der Waals surface area contributed by atoms with Gasteiger partial charge in [-0.1, -0.05) is 18.2 Å². The van der Waals surface area contributed by atoms with E-state index in [0.29, 0.717) is 11.3 Å². The molecule has 1 aliphatic heterocycles. The number of carbonyl (C=O) groups excluding carboxylic acids is 2. The van der Waals surface area contributed by atoms with E-state index in [9.17, 15) is 14.0 Å². The minimum Gasteiger partial charge on any atom is -0.356 e. The molecule has 25 heavy (non-hydrogen) atoms. The van der Waals surface area contributed by atoms with E-state index >= 15 is 0 Å². The largest absolute Gasteiger partial charge is 0.356 e. The van der Waals surface area contributed by atoms with Gasteiger partial charge in [0.2, 0.25) is 5.91 Å². The van der Waals surface area contributed by atoms with Gasteiger partial charge in [0.25, 0.3) is 5.91 Å². The van der Waals surface area contributed by atoms with Crippen molar-refractivity contribution in [2.24, 2.45) is 0 Å². The first kappa shape index (κ1) is 17.0.